The molecule has 4 aromatic heterocycles. The van der Waals surface area contributed by atoms with E-state index in [9.17, 15) is 4.79 Å². The number of hydrogen-bond acceptors (Lipinski definition) is 9. The molecule has 0 spiro atoms. The highest BCUT2D eigenvalue weighted by molar-refractivity contribution is 5.97. The van der Waals surface area contributed by atoms with Crippen LogP contribution in [0.25, 0.3) is 28.4 Å². The van der Waals surface area contributed by atoms with E-state index in [0.717, 1.165) is 45.9 Å². The fourth-order valence-corrected chi connectivity index (χ4v) is 6.61. The summed E-state index contributed by atoms with van der Waals surface area (Å²) in [6.45, 7) is 7.61. The highest BCUT2D eigenvalue weighted by atomic mass is 16.5. The standard InChI is InChI=1S/C42H44N8O5/c1-7-19-50-38(39(28(3)47-50)55-26-30-11-9-8-10-12-30)41-46-45-40(49(41)25-29-13-16-32(52-4)17-14-29)34-21-35(48-24-27(2)43-23-36(34)48)42(51)44-22-31-15-18-33(53-5)20-37(31)54-6/h8-18,20-21,23-24H,7,19,22,25-26H2,1-6H3,(H,44,51). The maximum Gasteiger partial charge on any atom is 0.268 e. The molecular formula is C42H44N8O5. The molecule has 4 heterocycles. The van der Waals surface area contributed by atoms with Gasteiger partial charge in [0.1, 0.15) is 40.9 Å². The Hall–Kier alpha value is -6.63. The smallest absolute Gasteiger partial charge is 0.268 e. The summed E-state index contributed by atoms with van der Waals surface area (Å²) in [5.41, 5.74) is 6.88. The Kier molecular flexibility index (Phi) is 10.8. The van der Waals surface area contributed by atoms with Crippen LogP contribution < -0.4 is 24.3 Å². The maximum atomic E-state index is 14.0. The number of amides is 1. The van der Waals surface area contributed by atoms with Crippen LogP contribution in [0.15, 0.2) is 91.3 Å². The third kappa shape index (κ3) is 7.59. The zero-order chi connectivity index (χ0) is 38.5. The normalized spacial score (nSPS) is 11.2. The van der Waals surface area contributed by atoms with Crippen LogP contribution in [0.5, 0.6) is 23.0 Å². The SMILES string of the molecule is CCCn1nc(C)c(OCc2ccccc2)c1-c1nnc(-c2cc(C(=O)NCc3ccc(OC)cc3OC)n3cc(C)ncc23)n1Cc1ccc(OC)cc1. The summed E-state index contributed by atoms with van der Waals surface area (Å²) in [4.78, 5) is 18.6. The van der Waals surface area contributed by atoms with E-state index in [1.165, 1.54) is 0 Å². The van der Waals surface area contributed by atoms with E-state index in [4.69, 9.17) is 34.2 Å². The van der Waals surface area contributed by atoms with Crippen LogP contribution in [0.2, 0.25) is 0 Å². The second-order valence-corrected chi connectivity index (χ2v) is 13.1. The van der Waals surface area contributed by atoms with E-state index in [1.54, 1.807) is 33.6 Å². The first-order valence-electron chi connectivity index (χ1n) is 18.1. The number of nitrogens with one attached hydrogen (secondary N) is 1. The molecule has 0 bridgehead atoms. The second-order valence-electron chi connectivity index (χ2n) is 13.1. The lowest BCUT2D eigenvalue weighted by molar-refractivity contribution is 0.0945. The lowest BCUT2D eigenvalue weighted by Gasteiger charge is -2.14. The first kappa shape index (κ1) is 36.7. The quantitative estimate of drug-likeness (QED) is 0.117. The number of aromatic nitrogens is 7. The predicted molar refractivity (Wildman–Crippen MR) is 209 cm³/mol. The van der Waals surface area contributed by atoms with Gasteiger partial charge in [-0.2, -0.15) is 5.10 Å². The molecule has 0 saturated heterocycles. The molecule has 0 aliphatic carbocycles. The van der Waals surface area contributed by atoms with Crippen molar-refractivity contribution in [3.8, 4) is 45.9 Å². The monoisotopic (exact) mass is 740 g/mol. The molecule has 282 valence electrons. The molecule has 55 heavy (non-hydrogen) atoms. The Morgan fingerprint density at radius 3 is 2.31 bits per heavy atom. The van der Waals surface area contributed by atoms with Gasteiger partial charge in [-0.05, 0) is 61.7 Å². The highest BCUT2D eigenvalue weighted by Crippen LogP contribution is 2.37. The van der Waals surface area contributed by atoms with Crippen LogP contribution in [-0.2, 0) is 26.2 Å². The minimum absolute atomic E-state index is 0.239. The van der Waals surface area contributed by atoms with Crippen molar-refractivity contribution in [1.29, 1.82) is 0 Å². The number of fused-ring (bicyclic) bond motifs is 1. The van der Waals surface area contributed by atoms with Crippen molar-refractivity contribution in [2.45, 2.75) is 53.4 Å². The first-order valence-corrected chi connectivity index (χ1v) is 18.1. The van der Waals surface area contributed by atoms with Gasteiger partial charge in [-0.25, -0.2) is 0 Å². The largest absolute Gasteiger partial charge is 0.497 e. The summed E-state index contributed by atoms with van der Waals surface area (Å²) in [5.74, 6) is 3.53. The number of carbonyl (C=O) groups excluding carboxylic acids is 1. The Morgan fingerprint density at radius 1 is 0.836 bits per heavy atom. The minimum Gasteiger partial charge on any atom is -0.497 e. The molecule has 7 aromatic rings. The molecule has 1 N–H and O–H groups in total. The Balaban J connectivity index is 1.34. The number of nitrogens with zero attached hydrogens (tertiary/aromatic N) is 7. The number of ether oxygens (including phenoxy) is 4. The first-order chi connectivity index (χ1) is 26.8. The number of hydrogen-bond donors (Lipinski definition) is 1. The number of rotatable bonds is 15. The highest BCUT2D eigenvalue weighted by Gasteiger charge is 2.28. The molecule has 13 nitrogen and oxygen atoms in total. The van der Waals surface area contributed by atoms with Crippen LogP contribution in [0.4, 0.5) is 0 Å². The summed E-state index contributed by atoms with van der Waals surface area (Å²) in [7, 11) is 4.84. The Morgan fingerprint density at radius 2 is 1.58 bits per heavy atom. The van der Waals surface area contributed by atoms with Gasteiger partial charge in [0.25, 0.3) is 5.91 Å². The van der Waals surface area contributed by atoms with Crippen molar-refractivity contribution in [1.82, 2.24) is 39.2 Å². The van der Waals surface area contributed by atoms with Crippen molar-refractivity contribution in [3.63, 3.8) is 0 Å². The third-order valence-electron chi connectivity index (χ3n) is 9.39. The van der Waals surface area contributed by atoms with E-state index in [2.05, 4.69) is 21.8 Å². The average Bonchev–Trinajstić information content (AvgIpc) is 3.88. The van der Waals surface area contributed by atoms with Crippen molar-refractivity contribution in [3.05, 3.63) is 125 Å². The van der Waals surface area contributed by atoms with Gasteiger partial charge in [-0.1, -0.05) is 49.4 Å². The van der Waals surface area contributed by atoms with Gasteiger partial charge < -0.3 is 33.2 Å². The molecule has 1 amide bonds. The van der Waals surface area contributed by atoms with E-state index >= 15 is 0 Å². The van der Waals surface area contributed by atoms with Gasteiger partial charge in [-0.15, -0.1) is 10.2 Å². The minimum atomic E-state index is -0.278. The maximum absolute atomic E-state index is 14.0. The summed E-state index contributed by atoms with van der Waals surface area (Å²) in [6, 6.07) is 25.3. The van der Waals surface area contributed by atoms with Crippen molar-refractivity contribution < 1.29 is 23.7 Å². The molecule has 0 radical (unpaired) electrons. The van der Waals surface area contributed by atoms with Gasteiger partial charge in [0.2, 0.25) is 0 Å². The third-order valence-corrected chi connectivity index (χ3v) is 9.39. The zero-order valence-electron chi connectivity index (χ0n) is 31.9. The van der Waals surface area contributed by atoms with Crippen LogP contribution in [0, 0.1) is 13.8 Å². The molecule has 7 rings (SSSR count). The molecule has 0 aliphatic heterocycles. The van der Waals surface area contributed by atoms with Gasteiger partial charge in [-0.3, -0.25) is 14.5 Å². The lowest BCUT2D eigenvalue weighted by atomic mass is 10.1. The zero-order valence-corrected chi connectivity index (χ0v) is 31.9. The van der Waals surface area contributed by atoms with Crippen molar-refractivity contribution >= 4 is 11.4 Å². The fourth-order valence-electron chi connectivity index (χ4n) is 6.61. The second kappa shape index (κ2) is 16.2. The summed E-state index contributed by atoms with van der Waals surface area (Å²) < 4.78 is 28.8. The van der Waals surface area contributed by atoms with Gasteiger partial charge >= 0.3 is 0 Å². The summed E-state index contributed by atoms with van der Waals surface area (Å²) in [5, 5.41) is 17.7. The Bertz CT molecular complexity index is 2430. The fraction of sp³-hybridized carbons (Fsp3) is 0.262. The van der Waals surface area contributed by atoms with Crippen molar-refractivity contribution in [2.24, 2.45) is 0 Å². The molecule has 13 heteroatoms. The number of methoxy groups -OCH3 is 3. The molecule has 0 atom stereocenters. The van der Waals surface area contributed by atoms with Crippen LogP contribution in [0.1, 0.15) is 51.9 Å². The van der Waals surface area contributed by atoms with Crippen molar-refractivity contribution in [2.75, 3.05) is 21.3 Å². The van der Waals surface area contributed by atoms with Crippen LogP contribution >= 0.6 is 0 Å². The summed E-state index contributed by atoms with van der Waals surface area (Å²) >= 11 is 0. The molecule has 0 saturated carbocycles. The van der Waals surface area contributed by atoms with E-state index in [1.807, 2.05) is 102 Å². The Labute approximate surface area is 319 Å². The number of aryl methyl sites for hydroxylation is 3. The van der Waals surface area contributed by atoms with Gasteiger partial charge in [0.15, 0.2) is 17.4 Å². The van der Waals surface area contributed by atoms with E-state index < -0.39 is 0 Å². The topological polar surface area (TPSA) is 132 Å². The predicted octanol–water partition coefficient (Wildman–Crippen LogP) is 7.07. The van der Waals surface area contributed by atoms with E-state index in [-0.39, 0.29) is 12.5 Å². The van der Waals surface area contributed by atoms with Crippen LogP contribution in [0.3, 0.4) is 0 Å². The molecule has 3 aromatic carbocycles. The van der Waals surface area contributed by atoms with Crippen LogP contribution in [-0.4, -0.2) is 61.2 Å². The lowest BCUT2D eigenvalue weighted by Crippen LogP contribution is -2.24. The van der Waals surface area contributed by atoms with Gasteiger partial charge in [0, 0.05) is 36.5 Å². The number of carbonyl (C=O) groups is 1. The number of benzene rings is 3. The molecule has 0 unspecified atom stereocenters. The molecule has 0 aliphatic rings. The molecule has 0 fully saturated rings. The summed E-state index contributed by atoms with van der Waals surface area (Å²) in [6.07, 6.45) is 4.46. The van der Waals surface area contributed by atoms with E-state index in [0.29, 0.717) is 65.4 Å². The van der Waals surface area contributed by atoms with Gasteiger partial charge in [0.05, 0.1) is 45.3 Å². The average molecular weight is 741 g/mol. The molecular weight excluding hydrogens is 697 g/mol.